The first-order valence-corrected chi connectivity index (χ1v) is 19.0. The van der Waals surface area contributed by atoms with E-state index in [4.69, 9.17) is 8.95 Å². The number of rotatable bonds is 13. The topological polar surface area (TPSA) is 72.8 Å². The number of benzene rings is 4. The maximum absolute atomic E-state index is 14.6. The van der Waals surface area contributed by atoms with Gasteiger partial charge in [0, 0.05) is 25.4 Å². The quantitative estimate of drug-likeness (QED) is 0.117. The van der Waals surface area contributed by atoms with E-state index < -0.39 is 39.8 Å². The lowest BCUT2D eigenvalue weighted by Gasteiger charge is -2.38. The van der Waals surface area contributed by atoms with Crippen molar-refractivity contribution in [2.45, 2.75) is 54.1 Å². The highest BCUT2D eigenvalue weighted by atomic mass is 31.2. The molecule has 1 N–H and O–H groups in total. The molecule has 0 aliphatic carbocycles. The van der Waals surface area contributed by atoms with Crippen LogP contribution in [0.15, 0.2) is 91.0 Å². The van der Waals surface area contributed by atoms with Gasteiger partial charge < -0.3 is 14.1 Å². The molecule has 1 radical (unpaired) electrons. The van der Waals surface area contributed by atoms with Gasteiger partial charge in [0.05, 0.1) is 0 Å². The van der Waals surface area contributed by atoms with Crippen LogP contribution < -0.4 is 10.4 Å². The van der Waals surface area contributed by atoms with Crippen molar-refractivity contribution in [3.8, 4) is 11.1 Å². The Morgan fingerprint density at radius 3 is 1.98 bits per heavy atom. The predicted molar refractivity (Wildman–Crippen MR) is 187 cm³/mol. The molecule has 0 saturated heterocycles. The molecule has 2 unspecified atom stereocenters. The molecule has 0 aliphatic heterocycles. The largest absolute Gasteiger partial charge is 0.479 e. The summed E-state index contributed by atoms with van der Waals surface area (Å²) in [6.07, 6.45) is -0.467. The molecule has 0 aliphatic rings. The summed E-state index contributed by atoms with van der Waals surface area (Å²) in [6, 6.07) is 28.7. The summed E-state index contributed by atoms with van der Waals surface area (Å²) in [5.74, 6) is -1.95. The summed E-state index contributed by atoms with van der Waals surface area (Å²) in [7, 11) is -3.85. The van der Waals surface area contributed by atoms with Gasteiger partial charge in [0.2, 0.25) is 7.37 Å². The Morgan fingerprint density at radius 2 is 1.48 bits per heavy atom. The van der Waals surface area contributed by atoms with Crippen LogP contribution in [0.3, 0.4) is 0 Å². The molecule has 0 saturated carbocycles. The molecular weight excluding hydrogens is 614 g/mol. The van der Waals surface area contributed by atoms with E-state index in [9.17, 15) is 18.9 Å². The molecule has 0 heterocycles. The fraction of sp³-hybridized carbons (Fsp3) is 0.342. The summed E-state index contributed by atoms with van der Waals surface area (Å²) < 4.78 is 41.2. The van der Waals surface area contributed by atoms with Crippen molar-refractivity contribution in [2.75, 3.05) is 19.4 Å². The molecule has 4 aromatic rings. The van der Waals surface area contributed by atoms with E-state index in [0.717, 1.165) is 38.2 Å². The predicted octanol–water partition coefficient (Wildman–Crippen LogP) is 7.82. The van der Waals surface area contributed by atoms with Gasteiger partial charge in [0.15, 0.2) is 0 Å². The van der Waals surface area contributed by atoms with Crippen molar-refractivity contribution in [1.82, 2.24) is 0 Å². The van der Waals surface area contributed by atoms with Gasteiger partial charge in [-0.15, -0.1) is 0 Å². The lowest BCUT2D eigenvalue weighted by Crippen LogP contribution is -2.52. The van der Waals surface area contributed by atoms with Gasteiger partial charge in [-0.3, -0.25) is 4.57 Å². The van der Waals surface area contributed by atoms with E-state index in [2.05, 4.69) is 12.1 Å². The fourth-order valence-electron chi connectivity index (χ4n) is 5.98. The zero-order chi connectivity index (χ0) is 33.6. The number of carboxylic acids is 1. The molecule has 0 fully saturated rings. The molecule has 3 atom stereocenters. The Kier molecular flexibility index (Phi) is 11.6. The average Bonchev–Trinajstić information content (AvgIpc) is 3.01. The van der Waals surface area contributed by atoms with Crippen LogP contribution >= 0.6 is 7.37 Å². The molecule has 4 aromatic carbocycles. The maximum Gasteiger partial charge on any atom is 0.331 e. The van der Waals surface area contributed by atoms with E-state index >= 15 is 0 Å². The van der Waals surface area contributed by atoms with Crippen LogP contribution in [0.1, 0.15) is 43.0 Å². The smallest absolute Gasteiger partial charge is 0.331 e. The molecule has 0 aromatic heterocycles. The van der Waals surface area contributed by atoms with Crippen LogP contribution in [0, 0.1) is 37.9 Å². The molecule has 0 bridgehead atoms. The second kappa shape index (κ2) is 15.0. The van der Waals surface area contributed by atoms with Crippen LogP contribution in [-0.2, 0) is 24.7 Å². The maximum atomic E-state index is 14.6. The van der Waals surface area contributed by atoms with Gasteiger partial charge in [-0.25, -0.2) is 9.18 Å². The molecule has 243 valence electrons. The minimum Gasteiger partial charge on any atom is -0.479 e. The van der Waals surface area contributed by atoms with Gasteiger partial charge in [0.25, 0.3) is 9.04 Å². The molecular formula is C38H45FO5PSi. The van der Waals surface area contributed by atoms with Crippen molar-refractivity contribution in [1.29, 1.82) is 0 Å². The van der Waals surface area contributed by atoms with Gasteiger partial charge in [-0.05, 0) is 82.9 Å². The Labute approximate surface area is 275 Å². The molecule has 46 heavy (non-hydrogen) atoms. The Bertz CT molecular complexity index is 1650. The molecule has 4 rings (SSSR count). The summed E-state index contributed by atoms with van der Waals surface area (Å²) in [4.78, 5) is 13.0. The number of carbonyl (C=O) groups is 1. The SMILES string of the molecule is COP(=O)(CCc1c(C)cc(C)cc1-c1ccc(F)c(C)c1)CC([C@H](O[Si](c1ccccc1)c1ccccc1)C(=O)O)C(C)(C)C. The van der Waals surface area contributed by atoms with E-state index in [1.807, 2.05) is 101 Å². The van der Waals surface area contributed by atoms with Gasteiger partial charge >= 0.3 is 5.97 Å². The second-order valence-corrected chi connectivity index (χ2v) is 18.0. The van der Waals surface area contributed by atoms with Crippen molar-refractivity contribution >= 4 is 32.8 Å². The van der Waals surface area contributed by atoms with Gasteiger partial charge in [-0.1, -0.05) is 105 Å². The van der Waals surface area contributed by atoms with Crippen molar-refractivity contribution < 1.29 is 27.8 Å². The van der Waals surface area contributed by atoms with Crippen LogP contribution in [0.5, 0.6) is 0 Å². The van der Waals surface area contributed by atoms with E-state index in [1.165, 1.54) is 13.2 Å². The fourth-order valence-corrected chi connectivity index (χ4v) is 10.5. The third-order valence-electron chi connectivity index (χ3n) is 8.63. The third-order valence-corrected chi connectivity index (χ3v) is 13.4. The summed E-state index contributed by atoms with van der Waals surface area (Å²) >= 11 is 0. The highest BCUT2D eigenvalue weighted by Gasteiger charge is 2.44. The van der Waals surface area contributed by atoms with E-state index in [-0.39, 0.29) is 18.1 Å². The van der Waals surface area contributed by atoms with E-state index in [0.29, 0.717) is 12.0 Å². The molecule has 0 spiro atoms. The first kappa shape index (κ1) is 35.5. The Balaban J connectivity index is 1.67. The summed E-state index contributed by atoms with van der Waals surface area (Å²) in [6.45, 7) is 11.7. The Hall–Kier alpha value is -3.35. The number of aryl methyl sites for hydroxylation is 3. The lowest BCUT2D eigenvalue weighted by molar-refractivity contribution is -0.149. The minimum absolute atomic E-state index is 0.0542. The van der Waals surface area contributed by atoms with Crippen molar-refractivity contribution in [3.05, 3.63) is 119 Å². The highest BCUT2D eigenvalue weighted by molar-refractivity contribution is 7.59. The van der Waals surface area contributed by atoms with Crippen LogP contribution in [0.25, 0.3) is 11.1 Å². The number of hydrogen-bond donors (Lipinski definition) is 1. The molecule has 0 amide bonds. The van der Waals surface area contributed by atoms with E-state index in [1.54, 1.807) is 13.0 Å². The minimum atomic E-state index is -3.35. The van der Waals surface area contributed by atoms with Crippen LogP contribution in [-0.4, -0.2) is 45.7 Å². The monoisotopic (exact) mass is 659 g/mol. The van der Waals surface area contributed by atoms with Crippen LogP contribution in [0.4, 0.5) is 4.39 Å². The normalized spacial score (nSPS) is 14.5. The number of carboxylic acid groups (broad SMARTS) is 1. The molecule has 5 nitrogen and oxygen atoms in total. The standard InChI is InChI=1S/C38H45FO5PSi/c1-26-22-27(2)32(33(23-26)29-18-19-35(39)28(3)24-29)20-21-45(42,43-7)25-34(38(4,5)6)36(37(40)41)44-46(30-14-10-8-11-15-30)31-16-12-9-13-17-31/h8-19,22-24,34,36H,20-21,25H2,1-7H3,(H,40,41)/t34?,36-,45?/m0/s1. The van der Waals surface area contributed by atoms with Gasteiger partial charge in [0.1, 0.15) is 11.9 Å². The third kappa shape index (κ3) is 8.71. The first-order chi connectivity index (χ1) is 21.7. The summed E-state index contributed by atoms with van der Waals surface area (Å²) in [5.41, 5.74) is 5.02. The number of aliphatic carboxylic acids is 1. The van der Waals surface area contributed by atoms with Crippen LogP contribution in [0.2, 0.25) is 0 Å². The average molecular weight is 660 g/mol. The number of halogens is 1. The molecule has 8 heteroatoms. The zero-order valence-corrected chi connectivity index (χ0v) is 29.7. The van der Waals surface area contributed by atoms with Crippen molar-refractivity contribution in [2.24, 2.45) is 11.3 Å². The highest BCUT2D eigenvalue weighted by Crippen LogP contribution is 2.52. The summed E-state index contributed by atoms with van der Waals surface area (Å²) in [5, 5.41) is 12.5. The second-order valence-electron chi connectivity index (χ2n) is 13.1. The first-order valence-electron chi connectivity index (χ1n) is 15.6. The zero-order valence-electron chi connectivity index (χ0n) is 27.8. The number of hydrogen-bond acceptors (Lipinski definition) is 4. The van der Waals surface area contributed by atoms with Crippen molar-refractivity contribution in [3.63, 3.8) is 0 Å². The van der Waals surface area contributed by atoms with Gasteiger partial charge in [-0.2, -0.15) is 0 Å². The lowest BCUT2D eigenvalue weighted by atomic mass is 9.78. The Morgan fingerprint density at radius 1 is 0.891 bits per heavy atom.